The first kappa shape index (κ1) is 16.7. The van der Waals surface area contributed by atoms with Crippen molar-refractivity contribution in [3.05, 3.63) is 90.6 Å². The van der Waals surface area contributed by atoms with E-state index in [2.05, 4.69) is 20.3 Å². The molecule has 132 valence electrons. The number of fused-ring (bicyclic) bond motifs is 1. The molecule has 0 aliphatic heterocycles. The van der Waals surface area contributed by atoms with Crippen LogP contribution in [-0.2, 0) is 6.54 Å². The van der Waals surface area contributed by atoms with Gasteiger partial charge in [-0.2, -0.15) is 0 Å². The Morgan fingerprint density at radius 1 is 0.963 bits per heavy atom. The number of hydrogen-bond acceptors (Lipinski definition) is 5. The minimum absolute atomic E-state index is 0.203. The molecule has 0 fully saturated rings. The summed E-state index contributed by atoms with van der Waals surface area (Å²) in [6.07, 6.45) is 6.51. The summed E-state index contributed by atoms with van der Waals surface area (Å²) in [4.78, 5) is 24.9. The molecule has 4 rings (SSSR count). The zero-order valence-electron chi connectivity index (χ0n) is 14.4. The van der Waals surface area contributed by atoms with Crippen molar-refractivity contribution >= 4 is 16.8 Å². The molecule has 0 saturated heterocycles. The maximum absolute atomic E-state index is 12.4. The molecule has 6 heteroatoms. The Labute approximate surface area is 155 Å². The maximum atomic E-state index is 12.4. The van der Waals surface area contributed by atoms with Gasteiger partial charge in [0.1, 0.15) is 11.5 Å². The number of para-hydroxylation sites is 1. The van der Waals surface area contributed by atoms with Crippen molar-refractivity contribution in [1.29, 1.82) is 0 Å². The molecule has 0 spiro atoms. The molecule has 0 saturated carbocycles. The van der Waals surface area contributed by atoms with E-state index >= 15 is 0 Å². The lowest BCUT2D eigenvalue weighted by molar-refractivity contribution is 0.0950. The van der Waals surface area contributed by atoms with Crippen LogP contribution in [0, 0.1) is 0 Å². The second kappa shape index (κ2) is 7.61. The number of carbonyl (C=O) groups is 1. The lowest BCUT2D eigenvalue weighted by atomic mass is 10.2. The first-order valence-corrected chi connectivity index (χ1v) is 8.44. The molecule has 0 radical (unpaired) electrons. The van der Waals surface area contributed by atoms with Gasteiger partial charge in [0.05, 0.1) is 24.0 Å². The molecule has 2 aromatic carbocycles. The van der Waals surface area contributed by atoms with Crippen LogP contribution in [0.5, 0.6) is 11.5 Å². The van der Waals surface area contributed by atoms with Crippen LogP contribution in [0.25, 0.3) is 10.9 Å². The normalized spacial score (nSPS) is 10.5. The van der Waals surface area contributed by atoms with Crippen LogP contribution in [0.3, 0.4) is 0 Å². The predicted molar refractivity (Wildman–Crippen MR) is 101 cm³/mol. The average Bonchev–Trinajstić information content (AvgIpc) is 2.73. The van der Waals surface area contributed by atoms with Crippen LogP contribution in [0.15, 0.2) is 79.4 Å². The second-order valence-corrected chi connectivity index (χ2v) is 5.84. The number of benzene rings is 2. The van der Waals surface area contributed by atoms with Crippen LogP contribution < -0.4 is 10.1 Å². The molecule has 4 aromatic rings. The Hall–Kier alpha value is -3.80. The van der Waals surface area contributed by atoms with E-state index in [0.717, 1.165) is 10.9 Å². The van der Waals surface area contributed by atoms with Gasteiger partial charge >= 0.3 is 0 Å². The molecule has 27 heavy (non-hydrogen) atoms. The van der Waals surface area contributed by atoms with Gasteiger partial charge in [0.15, 0.2) is 0 Å². The Kier molecular flexibility index (Phi) is 4.70. The highest BCUT2D eigenvalue weighted by Crippen LogP contribution is 2.28. The van der Waals surface area contributed by atoms with Gasteiger partial charge in [0, 0.05) is 29.5 Å². The van der Waals surface area contributed by atoms with Crippen LogP contribution in [0.4, 0.5) is 0 Å². The van der Waals surface area contributed by atoms with Gasteiger partial charge < -0.3 is 10.1 Å². The fourth-order valence-corrected chi connectivity index (χ4v) is 2.68. The summed E-state index contributed by atoms with van der Waals surface area (Å²) in [5, 5.41) is 3.74. The Morgan fingerprint density at radius 3 is 2.78 bits per heavy atom. The van der Waals surface area contributed by atoms with Crippen LogP contribution in [0.1, 0.15) is 16.1 Å². The molecule has 0 aliphatic carbocycles. The van der Waals surface area contributed by atoms with E-state index < -0.39 is 0 Å². The number of hydrogen-bond donors (Lipinski definition) is 1. The van der Waals surface area contributed by atoms with Gasteiger partial charge in [-0.3, -0.25) is 19.7 Å². The number of amides is 1. The lowest BCUT2D eigenvalue weighted by Gasteiger charge is -2.10. The number of ether oxygens (including phenoxy) is 1. The van der Waals surface area contributed by atoms with Crippen LogP contribution in [-0.4, -0.2) is 20.9 Å². The molecular weight excluding hydrogens is 340 g/mol. The zero-order chi connectivity index (χ0) is 18.5. The van der Waals surface area contributed by atoms with Crippen molar-refractivity contribution in [3.8, 4) is 11.5 Å². The number of carbonyl (C=O) groups excluding carboxylic acids is 1. The second-order valence-electron chi connectivity index (χ2n) is 5.84. The molecule has 0 atom stereocenters. The van der Waals surface area contributed by atoms with E-state index in [4.69, 9.17) is 4.74 Å². The summed E-state index contributed by atoms with van der Waals surface area (Å²) in [6.45, 7) is 0.312. The third-order valence-corrected chi connectivity index (χ3v) is 3.98. The van der Waals surface area contributed by atoms with Gasteiger partial charge in [-0.25, -0.2) is 0 Å². The minimum Gasteiger partial charge on any atom is -0.457 e. The molecule has 1 N–H and O–H groups in total. The van der Waals surface area contributed by atoms with Gasteiger partial charge in [0.25, 0.3) is 5.91 Å². The molecule has 0 aliphatic rings. The molecule has 2 heterocycles. The topological polar surface area (TPSA) is 77.0 Å². The third-order valence-electron chi connectivity index (χ3n) is 3.98. The highest BCUT2D eigenvalue weighted by molar-refractivity contribution is 5.94. The first-order valence-electron chi connectivity index (χ1n) is 8.44. The fraction of sp³-hybridized carbons (Fsp3) is 0.0476. The van der Waals surface area contributed by atoms with E-state index in [1.165, 1.54) is 0 Å². The van der Waals surface area contributed by atoms with E-state index in [1.54, 1.807) is 43.0 Å². The molecule has 2 aromatic heterocycles. The van der Waals surface area contributed by atoms with Crippen LogP contribution in [0.2, 0.25) is 0 Å². The SMILES string of the molecule is O=C(NCc1cnccn1)c1cccc(Oc2ccnc3ccccc23)c1. The standard InChI is InChI=1S/C21H16N4O2/c26-21(25-14-16-13-22-10-11-23-16)15-4-3-5-17(12-15)27-20-8-9-24-19-7-2-1-6-18(19)20/h1-13H,14H2,(H,25,26). The minimum atomic E-state index is -0.203. The smallest absolute Gasteiger partial charge is 0.251 e. The lowest BCUT2D eigenvalue weighted by Crippen LogP contribution is -2.23. The predicted octanol–water partition coefficient (Wildman–Crippen LogP) is 3.75. The largest absolute Gasteiger partial charge is 0.457 e. The molecule has 1 amide bonds. The highest BCUT2D eigenvalue weighted by Gasteiger charge is 2.09. The fourth-order valence-electron chi connectivity index (χ4n) is 2.68. The summed E-state index contributed by atoms with van der Waals surface area (Å²) in [5.41, 5.74) is 2.06. The van der Waals surface area contributed by atoms with E-state index in [0.29, 0.717) is 29.3 Å². The van der Waals surface area contributed by atoms with Gasteiger partial charge in [-0.15, -0.1) is 0 Å². The summed E-state index contributed by atoms with van der Waals surface area (Å²) < 4.78 is 6.00. The van der Waals surface area contributed by atoms with Gasteiger partial charge in [-0.05, 0) is 36.4 Å². The van der Waals surface area contributed by atoms with Gasteiger partial charge in [0.2, 0.25) is 0 Å². The number of nitrogens with one attached hydrogen (secondary N) is 1. The summed E-state index contributed by atoms with van der Waals surface area (Å²) in [6, 6.07) is 16.6. The molecule has 0 bridgehead atoms. The summed E-state index contributed by atoms with van der Waals surface area (Å²) >= 11 is 0. The average molecular weight is 356 g/mol. The van der Waals surface area contributed by atoms with E-state index in [-0.39, 0.29) is 5.91 Å². The van der Waals surface area contributed by atoms with E-state index in [1.807, 2.05) is 36.4 Å². The quantitative estimate of drug-likeness (QED) is 0.589. The van der Waals surface area contributed by atoms with Crippen molar-refractivity contribution in [2.45, 2.75) is 6.54 Å². The Balaban J connectivity index is 1.51. The van der Waals surface area contributed by atoms with Crippen molar-refractivity contribution in [2.24, 2.45) is 0 Å². The van der Waals surface area contributed by atoms with Crippen LogP contribution >= 0.6 is 0 Å². The van der Waals surface area contributed by atoms with Crippen molar-refractivity contribution in [3.63, 3.8) is 0 Å². The number of nitrogens with zero attached hydrogens (tertiary/aromatic N) is 3. The summed E-state index contributed by atoms with van der Waals surface area (Å²) in [7, 11) is 0. The number of pyridine rings is 1. The maximum Gasteiger partial charge on any atom is 0.251 e. The monoisotopic (exact) mass is 356 g/mol. The molecule has 0 unspecified atom stereocenters. The van der Waals surface area contributed by atoms with Crippen molar-refractivity contribution < 1.29 is 9.53 Å². The first-order chi connectivity index (χ1) is 13.3. The van der Waals surface area contributed by atoms with Crippen molar-refractivity contribution in [2.75, 3.05) is 0 Å². The molecular formula is C21H16N4O2. The van der Waals surface area contributed by atoms with E-state index in [9.17, 15) is 4.79 Å². The number of rotatable bonds is 5. The third kappa shape index (κ3) is 3.90. The Bertz CT molecular complexity index is 1080. The zero-order valence-corrected chi connectivity index (χ0v) is 14.4. The summed E-state index contributed by atoms with van der Waals surface area (Å²) in [5.74, 6) is 1.07. The highest BCUT2D eigenvalue weighted by atomic mass is 16.5. The number of aromatic nitrogens is 3. The Morgan fingerprint density at radius 2 is 1.89 bits per heavy atom. The van der Waals surface area contributed by atoms with Gasteiger partial charge in [-0.1, -0.05) is 18.2 Å². The van der Waals surface area contributed by atoms with Crippen molar-refractivity contribution in [1.82, 2.24) is 20.3 Å². The molecule has 6 nitrogen and oxygen atoms in total.